The summed E-state index contributed by atoms with van der Waals surface area (Å²) in [6, 6.07) is 0. The lowest BCUT2D eigenvalue weighted by molar-refractivity contribution is -0.870. The number of unbranched alkanes of at least 4 members (excludes halogenated alkanes) is 6. The van der Waals surface area contributed by atoms with Gasteiger partial charge in [0.2, 0.25) is 0 Å². The maximum Gasteiger partial charge on any atom is 0.361 e. The third kappa shape index (κ3) is 72.4. The molecule has 2 atom stereocenters. The van der Waals surface area contributed by atoms with E-state index in [9.17, 15) is 19.5 Å². The fourth-order valence-electron chi connectivity index (χ4n) is 8.30. The van der Waals surface area contributed by atoms with Crippen molar-refractivity contribution in [2.45, 2.75) is 219 Å². The first-order valence-electron chi connectivity index (χ1n) is 35.2. The zero-order chi connectivity index (χ0) is 67.5. The first-order chi connectivity index (χ1) is 45.6. The van der Waals surface area contributed by atoms with E-state index >= 15 is 0 Å². The van der Waals surface area contributed by atoms with E-state index in [2.05, 4.69) is 257 Å². The highest BCUT2D eigenvalue weighted by Crippen LogP contribution is 2.12. The zero-order valence-electron chi connectivity index (χ0n) is 58.5. The van der Waals surface area contributed by atoms with Crippen molar-refractivity contribution >= 4 is 17.9 Å². The minimum Gasteiger partial charge on any atom is -0.477 e. The van der Waals surface area contributed by atoms with Gasteiger partial charge in [-0.3, -0.25) is 9.59 Å². The van der Waals surface area contributed by atoms with Crippen LogP contribution >= 0.6 is 0 Å². The van der Waals surface area contributed by atoms with Crippen molar-refractivity contribution < 1.29 is 42.9 Å². The van der Waals surface area contributed by atoms with Crippen molar-refractivity contribution in [1.82, 2.24) is 0 Å². The van der Waals surface area contributed by atoms with Crippen LogP contribution in [-0.2, 0) is 33.3 Å². The molecule has 0 aromatic rings. The topological polar surface area (TPSA) is 108 Å². The number of likely N-dealkylation sites (N-methyl/N-ethyl adjacent to an activating group) is 1. The van der Waals surface area contributed by atoms with Crippen LogP contribution in [0.2, 0.25) is 0 Å². The number of hydrogen-bond donors (Lipinski definition) is 1. The van der Waals surface area contributed by atoms with E-state index in [1.165, 1.54) is 0 Å². The Labute approximate surface area is 567 Å². The lowest BCUT2D eigenvalue weighted by atomic mass is 10.1. The second-order valence-corrected chi connectivity index (χ2v) is 23.4. The van der Waals surface area contributed by atoms with Crippen LogP contribution in [-0.4, -0.2) is 87.4 Å². The van der Waals surface area contributed by atoms with Gasteiger partial charge in [-0.2, -0.15) is 0 Å². The van der Waals surface area contributed by atoms with Crippen molar-refractivity contribution in [2.24, 2.45) is 0 Å². The van der Waals surface area contributed by atoms with E-state index in [0.717, 1.165) is 167 Å². The van der Waals surface area contributed by atoms with Crippen LogP contribution < -0.4 is 0 Å². The summed E-state index contributed by atoms with van der Waals surface area (Å²) >= 11 is 0. The molecule has 2 unspecified atom stereocenters. The van der Waals surface area contributed by atoms with Crippen molar-refractivity contribution in [3.8, 4) is 0 Å². The van der Waals surface area contributed by atoms with Crippen LogP contribution in [0.4, 0.5) is 0 Å². The van der Waals surface area contributed by atoms with Gasteiger partial charge in [0.15, 0.2) is 6.10 Å². The van der Waals surface area contributed by atoms with E-state index < -0.39 is 30.3 Å². The Hall–Kier alpha value is -6.91. The maximum atomic E-state index is 12.9. The van der Waals surface area contributed by atoms with Crippen molar-refractivity contribution in [2.75, 3.05) is 47.5 Å². The molecule has 0 bridgehead atoms. The Morgan fingerprint density at radius 3 is 0.871 bits per heavy atom. The average molecular weight is 1280 g/mol. The maximum absolute atomic E-state index is 12.9. The van der Waals surface area contributed by atoms with Gasteiger partial charge in [-0.1, -0.05) is 270 Å². The molecule has 9 heteroatoms. The number of ether oxygens (including phenoxy) is 4. The highest BCUT2D eigenvalue weighted by molar-refractivity contribution is 5.71. The molecule has 9 nitrogen and oxygen atoms in total. The Balaban J connectivity index is 4.35. The van der Waals surface area contributed by atoms with Gasteiger partial charge in [0, 0.05) is 12.8 Å². The van der Waals surface area contributed by atoms with Crippen LogP contribution in [0.25, 0.3) is 0 Å². The highest BCUT2D eigenvalue weighted by Gasteiger charge is 2.25. The molecular weight excluding hydrogens is 1150 g/mol. The van der Waals surface area contributed by atoms with Gasteiger partial charge in [-0.15, -0.1) is 0 Å². The lowest BCUT2D eigenvalue weighted by Gasteiger charge is -2.25. The number of quaternary nitrogens is 1. The summed E-state index contributed by atoms with van der Waals surface area (Å²) in [5.41, 5.74) is 0. The normalized spacial score (nSPS) is 14.2. The van der Waals surface area contributed by atoms with Gasteiger partial charge in [-0.25, -0.2) is 4.79 Å². The van der Waals surface area contributed by atoms with E-state index in [1.54, 1.807) is 0 Å². The van der Waals surface area contributed by atoms with E-state index in [1.807, 2.05) is 21.1 Å². The SMILES string of the molecule is CC/C=C\C/C=C\C/C=C\C/C=C\C/C=C\C/C=C\C/C=C\C/C=C\C/C=C\C/C=C\C/C=C\C/C=C\CCCCCCC(=O)OC(COC(=O)CCCC/C=C\C/C=C\C/C=C\C/C=C\C/C=C\C/C=C\C/C=C\C/C=C\CC)COC(OCC[N+](C)(C)C)C(=O)O. The average Bonchev–Trinajstić information content (AvgIpc) is 3.38. The van der Waals surface area contributed by atoms with Crippen LogP contribution in [0.3, 0.4) is 0 Å². The number of carboxylic acid groups (broad SMARTS) is 1. The molecule has 514 valence electrons. The van der Waals surface area contributed by atoms with Gasteiger partial charge >= 0.3 is 17.9 Å². The Kier molecular flexibility index (Phi) is 65.7. The quantitative estimate of drug-likeness (QED) is 0.0211. The molecule has 0 spiro atoms. The summed E-state index contributed by atoms with van der Waals surface area (Å²) < 4.78 is 22.8. The third-order valence-corrected chi connectivity index (χ3v) is 13.6. The zero-order valence-corrected chi connectivity index (χ0v) is 58.5. The predicted molar refractivity (Wildman–Crippen MR) is 400 cm³/mol. The first kappa shape index (κ1) is 86.1. The lowest BCUT2D eigenvalue weighted by Crippen LogP contribution is -2.40. The summed E-state index contributed by atoms with van der Waals surface area (Å²) in [5, 5.41) is 9.74. The Morgan fingerprint density at radius 1 is 0.323 bits per heavy atom. The summed E-state index contributed by atoms with van der Waals surface area (Å²) in [6.07, 6.45) is 113. The number of esters is 2. The number of carbonyl (C=O) groups excluding carboxylic acids is 2. The Bertz CT molecular complexity index is 2430. The largest absolute Gasteiger partial charge is 0.477 e. The number of carbonyl (C=O) groups is 3. The number of hydrogen-bond acceptors (Lipinski definition) is 7. The number of aliphatic carboxylic acids is 1. The van der Waals surface area contributed by atoms with Crippen molar-refractivity contribution in [1.29, 1.82) is 0 Å². The summed E-state index contributed by atoms with van der Waals surface area (Å²) in [5.74, 6) is -2.13. The molecule has 0 aliphatic carbocycles. The minimum atomic E-state index is -1.55. The first-order valence-corrected chi connectivity index (χ1v) is 35.2. The smallest absolute Gasteiger partial charge is 0.361 e. The van der Waals surface area contributed by atoms with Gasteiger partial charge in [-0.05, 0) is 167 Å². The second-order valence-electron chi connectivity index (χ2n) is 23.4. The number of carboxylic acids is 1. The molecule has 0 aromatic heterocycles. The fraction of sp³-hybridized carbons (Fsp3) is 0.488. The van der Waals surface area contributed by atoms with Crippen molar-refractivity contribution in [3.05, 3.63) is 243 Å². The molecule has 0 radical (unpaired) electrons. The monoisotopic (exact) mass is 1280 g/mol. The number of allylic oxidation sites excluding steroid dienone is 40. The number of nitrogens with zero attached hydrogens (tertiary/aromatic N) is 1. The van der Waals surface area contributed by atoms with Crippen LogP contribution in [0.15, 0.2) is 243 Å². The Morgan fingerprint density at radius 2 is 0.581 bits per heavy atom. The second kappa shape index (κ2) is 70.9. The third-order valence-electron chi connectivity index (χ3n) is 13.6. The fourth-order valence-corrected chi connectivity index (χ4v) is 8.30. The molecular formula is C84H126NO8+. The summed E-state index contributed by atoms with van der Waals surface area (Å²) in [4.78, 5) is 37.6. The molecule has 0 aliphatic rings. The molecule has 1 N–H and O–H groups in total. The molecule has 0 heterocycles. The van der Waals surface area contributed by atoms with Crippen LogP contribution in [0.1, 0.15) is 206 Å². The molecule has 93 heavy (non-hydrogen) atoms. The molecule has 0 saturated heterocycles. The van der Waals surface area contributed by atoms with Crippen LogP contribution in [0.5, 0.6) is 0 Å². The van der Waals surface area contributed by atoms with Gasteiger partial charge in [0.1, 0.15) is 13.2 Å². The molecule has 0 rings (SSSR count). The van der Waals surface area contributed by atoms with E-state index in [4.69, 9.17) is 18.9 Å². The molecule has 0 aromatic carbocycles. The highest BCUT2D eigenvalue weighted by atomic mass is 16.7. The summed E-state index contributed by atoms with van der Waals surface area (Å²) in [7, 11) is 5.93. The van der Waals surface area contributed by atoms with Gasteiger partial charge in [0.25, 0.3) is 6.29 Å². The molecule has 0 fully saturated rings. The van der Waals surface area contributed by atoms with Crippen LogP contribution in [0, 0.1) is 0 Å². The van der Waals surface area contributed by atoms with E-state index in [0.29, 0.717) is 23.9 Å². The summed E-state index contributed by atoms with van der Waals surface area (Å²) in [6.45, 7) is 4.52. The van der Waals surface area contributed by atoms with Gasteiger partial charge < -0.3 is 28.5 Å². The molecule has 0 aliphatic heterocycles. The minimum absolute atomic E-state index is 0.160. The van der Waals surface area contributed by atoms with Crippen molar-refractivity contribution in [3.63, 3.8) is 0 Å². The number of rotatable bonds is 61. The standard InChI is InChI=1S/C84H125NO8/c1-6-8-10-12-14-16-18-20-22-24-26-28-30-32-34-35-36-37-38-39-40-41-42-43-44-45-46-47-49-51-53-55-57-59-61-63-65-67-69-71-73-75-82(87)93-80(79-92-84(83(88)89)90-77-76-85(3,4)5)78-91-81(86)74-72-70-68-66-64-62-60-58-56-54-52-50-48-33-31-29-27-25-23-21-19-17-15-13-11-9-7-2/h8-11,14-17,20-23,26-29,32-34,36-37,39-40,42-43,45-46,48-49,51-52,54-55,57-58,60-61,63-64,66,80,84H,6-7,12-13,18-19,24-25,30-31,35,38,41,44,47,50,53,56,59,62,65,67-79H2,1-5H3/p+1/b10-8-,11-9-,16-14-,17-15-,22-20-,23-21-,28-26-,29-27-,34-32-,37-36-,40-39-,43-42-,46-45-,48-33-,51-49-,54-52-,57-55-,60-58-,63-61-,66-64-. The van der Waals surface area contributed by atoms with Gasteiger partial charge in [0.05, 0.1) is 34.4 Å². The molecule has 0 amide bonds. The van der Waals surface area contributed by atoms with E-state index in [-0.39, 0.29) is 32.7 Å². The predicted octanol–water partition coefficient (Wildman–Crippen LogP) is 22.5. The molecule has 0 saturated carbocycles.